The van der Waals surface area contributed by atoms with E-state index in [1.54, 1.807) is 11.8 Å². The third-order valence-corrected chi connectivity index (χ3v) is 4.25. The Bertz CT molecular complexity index is 477. The number of thioether (sulfide) groups is 1. The number of benzene rings is 1. The van der Waals surface area contributed by atoms with E-state index < -0.39 is 0 Å². The highest BCUT2D eigenvalue weighted by Crippen LogP contribution is 2.28. The van der Waals surface area contributed by atoms with Crippen LogP contribution < -0.4 is 5.73 Å². The quantitative estimate of drug-likeness (QED) is 0.523. The van der Waals surface area contributed by atoms with Crippen LogP contribution in [0.5, 0.6) is 0 Å². The summed E-state index contributed by atoms with van der Waals surface area (Å²) in [5.74, 6) is 0.531. The largest absolute Gasteiger partial charge is 0.398 e. The second kappa shape index (κ2) is 5.75. The summed E-state index contributed by atoms with van der Waals surface area (Å²) in [6, 6.07) is 5.65. The molecule has 0 saturated carbocycles. The standard InChI is InChI=1S/C12H13BrN2O2S/c13-8-1-2-9(14)10(7-8)18-6-5-15-11(16)3-4-12(15)17/h1-2,7H,3-6,14H2. The van der Waals surface area contributed by atoms with E-state index >= 15 is 0 Å². The molecule has 1 aromatic carbocycles. The Morgan fingerprint density at radius 1 is 1.28 bits per heavy atom. The number of likely N-dealkylation sites (tertiary alicyclic amines) is 1. The van der Waals surface area contributed by atoms with Gasteiger partial charge in [-0.1, -0.05) is 15.9 Å². The number of rotatable bonds is 4. The Hall–Kier alpha value is -1.01. The summed E-state index contributed by atoms with van der Waals surface area (Å²) >= 11 is 4.94. The van der Waals surface area contributed by atoms with Crippen molar-refractivity contribution in [3.05, 3.63) is 22.7 Å². The molecule has 2 N–H and O–H groups in total. The molecule has 0 spiro atoms. The van der Waals surface area contributed by atoms with E-state index in [-0.39, 0.29) is 11.8 Å². The number of hydrogen-bond acceptors (Lipinski definition) is 4. The van der Waals surface area contributed by atoms with Crippen molar-refractivity contribution < 1.29 is 9.59 Å². The van der Waals surface area contributed by atoms with Crippen LogP contribution in [0.2, 0.25) is 0 Å². The number of nitrogens with two attached hydrogens (primary N) is 1. The summed E-state index contributed by atoms with van der Waals surface area (Å²) in [5.41, 5.74) is 6.56. The maximum atomic E-state index is 11.4. The van der Waals surface area contributed by atoms with Crippen molar-refractivity contribution in [1.82, 2.24) is 4.90 Å². The third kappa shape index (κ3) is 3.05. The maximum absolute atomic E-state index is 11.4. The summed E-state index contributed by atoms with van der Waals surface area (Å²) < 4.78 is 0.965. The number of anilines is 1. The van der Waals surface area contributed by atoms with Crippen molar-refractivity contribution in [3.63, 3.8) is 0 Å². The molecule has 0 aromatic heterocycles. The Balaban J connectivity index is 1.90. The van der Waals surface area contributed by atoms with Gasteiger partial charge < -0.3 is 5.73 Å². The van der Waals surface area contributed by atoms with E-state index in [0.29, 0.717) is 30.8 Å². The molecule has 1 fully saturated rings. The molecule has 0 unspecified atom stereocenters. The van der Waals surface area contributed by atoms with Crippen molar-refractivity contribution in [1.29, 1.82) is 0 Å². The molecule has 0 radical (unpaired) electrons. The Morgan fingerprint density at radius 2 is 1.94 bits per heavy atom. The fourth-order valence-electron chi connectivity index (χ4n) is 1.75. The molecule has 1 heterocycles. The molecule has 2 amide bonds. The van der Waals surface area contributed by atoms with Crippen LogP contribution >= 0.6 is 27.7 Å². The minimum absolute atomic E-state index is 0.0668. The van der Waals surface area contributed by atoms with Gasteiger partial charge in [0.25, 0.3) is 0 Å². The summed E-state index contributed by atoms with van der Waals surface area (Å²) in [4.78, 5) is 25.1. The average molecular weight is 329 g/mol. The molecule has 1 aliphatic heterocycles. The fraction of sp³-hybridized carbons (Fsp3) is 0.333. The summed E-state index contributed by atoms with van der Waals surface area (Å²) in [6.45, 7) is 0.453. The number of nitrogen functional groups attached to an aromatic ring is 1. The summed E-state index contributed by atoms with van der Waals surface area (Å²) in [7, 11) is 0. The fourth-order valence-corrected chi connectivity index (χ4v) is 3.20. The molecule has 1 aliphatic rings. The normalized spacial score (nSPS) is 15.5. The summed E-state index contributed by atoms with van der Waals surface area (Å²) in [5, 5.41) is 0. The Morgan fingerprint density at radius 3 is 2.61 bits per heavy atom. The van der Waals surface area contributed by atoms with Gasteiger partial charge in [0.1, 0.15) is 0 Å². The number of hydrogen-bond donors (Lipinski definition) is 1. The highest BCUT2D eigenvalue weighted by molar-refractivity contribution is 9.10. The lowest BCUT2D eigenvalue weighted by molar-refractivity contribution is -0.137. The minimum Gasteiger partial charge on any atom is -0.398 e. The molecule has 1 saturated heterocycles. The van der Waals surface area contributed by atoms with Gasteiger partial charge in [-0.05, 0) is 18.2 Å². The van der Waals surface area contributed by atoms with Crippen LogP contribution in [0, 0.1) is 0 Å². The summed E-state index contributed by atoms with van der Waals surface area (Å²) in [6.07, 6.45) is 0.699. The van der Waals surface area contributed by atoms with Crippen LogP contribution in [-0.2, 0) is 9.59 Å². The zero-order chi connectivity index (χ0) is 13.1. The van der Waals surface area contributed by atoms with Gasteiger partial charge in [0.05, 0.1) is 0 Å². The van der Waals surface area contributed by atoms with Crippen molar-refractivity contribution >= 4 is 45.2 Å². The SMILES string of the molecule is Nc1ccc(Br)cc1SCCN1C(=O)CCC1=O. The van der Waals surface area contributed by atoms with Gasteiger partial charge in [0.2, 0.25) is 11.8 Å². The second-order valence-corrected chi connectivity index (χ2v) is 6.02. The van der Waals surface area contributed by atoms with E-state index in [1.807, 2.05) is 18.2 Å². The smallest absolute Gasteiger partial charge is 0.229 e. The van der Waals surface area contributed by atoms with Crippen LogP contribution in [0.1, 0.15) is 12.8 Å². The van der Waals surface area contributed by atoms with Gasteiger partial charge >= 0.3 is 0 Å². The topological polar surface area (TPSA) is 63.4 Å². The molecule has 2 rings (SSSR count). The van der Waals surface area contributed by atoms with Crippen LogP contribution in [-0.4, -0.2) is 29.0 Å². The zero-order valence-corrected chi connectivity index (χ0v) is 12.1. The molecule has 18 heavy (non-hydrogen) atoms. The highest BCUT2D eigenvalue weighted by atomic mass is 79.9. The maximum Gasteiger partial charge on any atom is 0.229 e. The Labute approximate surface area is 118 Å². The second-order valence-electron chi connectivity index (χ2n) is 3.97. The van der Waals surface area contributed by atoms with E-state index in [4.69, 9.17) is 5.73 Å². The molecule has 0 atom stereocenters. The zero-order valence-electron chi connectivity index (χ0n) is 9.69. The molecular weight excluding hydrogens is 316 g/mol. The molecule has 1 aromatic rings. The van der Waals surface area contributed by atoms with E-state index in [1.165, 1.54) is 4.90 Å². The third-order valence-electron chi connectivity index (χ3n) is 2.70. The molecular formula is C12H13BrN2O2S. The number of carbonyl (C=O) groups excluding carboxylic acids is 2. The average Bonchev–Trinajstić information content (AvgIpc) is 2.65. The first-order chi connectivity index (χ1) is 8.58. The monoisotopic (exact) mass is 328 g/mol. The number of carbonyl (C=O) groups is 2. The first kappa shape index (κ1) is 13.4. The number of nitrogens with zero attached hydrogens (tertiary/aromatic N) is 1. The van der Waals surface area contributed by atoms with Gasteiger partial charge in [-0.25, -0.2) is 0 Å². The van der Waals surface area contributed by atoms with Crippen molar-refractivity contribution in [2.45, 2.75) is 17.7 Å². The van der Waals surface area contributed by atoms with Crippen LogP contribution in [0.15, 0.2) is 27.6 Å². The molecule has 4 nitrogen and oxygen atoms in total. The van der Waals surface area contributed by atoms with Gasteiger partial charge in [0.15, 0.2) is 0 Å². The van der Waals surface area contributed by atoms with Crippen LogP contribution in [0.3, 0.4) is 0 Å². The van der Waals surface area contributed by atoms with E-state index in [9.17, 15) is 9.59 Å². The first-order valence-corrected chi connectivity index (χ1v) is 7.37. The predicted octanol–water partition coefficient (Wildman–Crippen LogP) is 2.27. The van der Waals surface area contributed by atoms with E-state index in [0.717, 1.165) is 9.37 Å². The molecule has 6 heteroatoms. The number of amides is 2. The van der Waals surface area contributed by atoms with Gasteiger partial charge in [-0.3, -0.25) is 14.5 Å². The lowest BCUT2D eigenvalue weighted by Gasteiger charge is -2.13. The van der Waals surface area contributed by atoms with Gasteiger partial charge in [-0.15, -0.1) is 11.8 Å². The van der Waals surface area contributed by atoms with Crippen molar-refractivity contribution in [3.8, 4) is 0 Å². The van der Waals surface area contributed by atoms with Crippen molar-refractivity contribution in [2.24, 2.45) is 0 Å². The van der Waals surface area contributed by atoms with Gasteiger partial charge in [0, 0.05) is 40.2 Å². The lowest BCUT2D eigenvalue weighted by atomic mass is 10.3. The molecule has 0 aliphatic carbocycles. The minimum atomic E-state index is -0.0668. The lowest BCUT2D eigenvalue weighted by Crippen LogP contribution is -2.31. The Kier molecular flexibility index (Phi) is 4.29. The van der Waals surface area contributed by atoms with Crippen LogP contribution in [0.25, 0.3) is 0 Å². The predicted molar refractivity (Wildman–Crippen MR) is 75.2 cm³/mol. The highest BCUT2D eigenvalue weighted by Gasteiger charge is 2.28. The van der Waals surface area contributed by atoms with E-state index in [2.05, 4.69) is 15.9 Å². The van der Waals surface area contributed by atoms with Crippen LogP contribution in [0.4, 0.5) is 5.69 Å². The first-order valence-electron chi connectivity index (χ1n) is 5.59. The molecule has 96 valence electrons. The number of imide groups is 1. The number of halogens is 1. The van der Waals surface area contributed by atoms with Crippen molar-refractivity contribution in [2.75, 3.05) is 18.0 Å². The molecule has 0 bridgehead atoms. The van der Waals surface area contributed by atoms with Gasteiger partial charge in [-0.2, -0.15) is 0 Å².